The molecule has 6 rings (SSSR count). The van der Waals surface area contributed by atoms with Crippen LogP contribution < -0.4 is 0 Å². The van der Waals surface area contributed by atoms with Gasteiger partial charge in [-0.1, -0.05) is 46.3 Å². The molecule has 2 saturated heterocycles. The summed E-state index contributed by atoms with van der Waals surface area (Å²) in [5.41, 5.74) is 1.90. The normalized spacial score (nSPS) is 44.9. The van der Waals surface area contributed by atoms with Crippen molar-refractivity contribution >= 4 is 8.32 Å². The number of hydrogen-bond donors (Lipinski definition) is 0. The first-order valence-electron chi connectivity index (χ1n) is 15.2. The summed E-state index contributed by atoms with van der Waals surface area (Å²) < 4.78 is 32.6. The average Bonchev–Trinajstić information content (AvgIpc) is 3.52. The van der Waals surface area contributed by atoms with E-state index in [1.165, 1.54) is 12.8 Å². The van der Waals surface area contributed by atoms with Crippen LogP contribution in [0.15, 0.2) is 11.6 Å². The van der Waals surface area contributed by atoms with Crippen LogP contribution in [-0.4, -0.2) is 52.4 Å². The van der Waals surface area contributed by atoms with E-state index in [2.05, 4.69) is 60.7 Å². The van der Waals surface area contributed by atoms with Gasteiger partial charge >= 0.3 is 0 Å². The molecule has 0 aromatic rings. The summed E-state index contributed by atoms with van der Waals surface area (Å²) in [6.07, 6.45) is 10.7. The summed E-state index contributed by atoms with van der Waals surface area (Å²) in [4.78, 5) is 0. The zero-order valence-corrected chi connectivity index (χ0v) is 25.8. The fourth-order valence-corrected chi connectivity index (χ4v) is 11.0. The minimum Gasteiger partial charge on any atom is -0.414 e. The molecule has 0 radical (unpaired) electrons. The highest BCUT2D eigenvalue weighted by molar-refractivity contribution is 6.74. The number of fused-ring (bicyclic) bond motifs is 5. The molecular weight excluding hydrogens is 480 g/mol. The predicted molar refractivity (Wildman–Crippen MR) is 148 cm³/mol. The molecule has 210 valence electrons. The molecule has 6 heteroatoms. The third kappa shape index (κ3) is 4.01. The van der Waals surface area contributed by atoms with Gasteiger partial charge in [0.2, 0.25) is 0 Å². The minimum atomic E-state index is -1.97. The minimum absolute atomic E-state index is 0.153. The van der Waals surface area contributed by atoms with Crippen molar-refractivity contribution in [3.63, 3.8) is 0 Å². The standard InChI is InChI=1S/C31H52O5Si/c1-27(2,3)37(7,8)36-24-20-29(5)23(11-12-25(29)30(6)32-15-16-33-30)22-10-9-21-19-31(34-17-18-35-31)14-13-28(21,4)26(22)24/h9,22-26H,10-20H2,1-8H3. The van der Waals surface area contributed by atoms with Gasteiger partial charge in [0, 0.05) is 24.9 Å². The monoisotopic (exact) mass is 532 g/mol. The van der Waals surface area contributed by atoms with Crippen molar-refractivity contribution in [3.05, 3.63) is 11.6 Å². The first-order chi connectivity index (χ1) is 17.2. The van der Waals surface area contributed by atoms with Crippen molar-refractivity contribution < 1.29 is 23.4 Å². The first-order valence-corrected chi connectivity index (χ1v) is 18.1. The molecule has 1 spiro atoms. The maximum atomic E-state index is 7.53. The maximum absolute atomic E-state index is 7.53. The second-order valence-corrected chi connectivity index (χ2v) is 20.2. The Hall–Kier alpha value is -0.243. The van der Waals surface area contributed by atoms with Crippen molar-refractivity contribution in [3.8, 4) is 0 Å². The van der Waals surface area contributed by atoms with Gasteiger partial charge in [0.1, 0.15) is 0 Å². The van der Waals surface area contributed by atoms with Crippen LogP contribution in [0.4, 0.5) is 0 Å². The molecule has 5 fully saturated rings. The van der Waals surface area contributed by atoms with Crippen LogP contribution in [0.5, 0.6) is 0 Å². The molecule has 0 aromatic heterocycles. The highest BCUT2D eigenvalue weighted by Gasteiger charge is 2.67. The van der Waals surface area contributed by atoms with Crippen molar-refractivity contribution in [1.29, 1.82) is 0 Å². The summed E-state index contributed by atoms with van der Waals surface area (Å²) in [5.74, 6) is 1.49. The Balaban J connectivity index is 1.39. The van der Waals surface area contributed by atoms with Crippen LogP contribution >= 0.6 is 0 Å². The molecule has 0 aromatic carbocycles. The molecule has 3 saturated carbocycles. The number of ether oxygens (including phenoxy) is 4. The lowest BCUT2D eigenvalue weighted by Crippen LogP contribution is -2.61. The molecule has 4 aliphatic carbocycles. The third-order valence-corrected chi connectivity index (χ3v) is 17.1. The van der Waals surface area contributed by atoms with Crippen molar-refractivity contribution in [2.24, 2.45) is 34.5 Å². The fraction of sp³-hybridized carbons (Fsp3) is 0.935. The fourth-order valence-electron chi connectivity index (χ4n) is 9.70. The highest BCUT2D eigenvalue weighted by atomic mass is 28.4. The van der Waals surface area contributed by atoms with Gasteiger partial charge in [-0.3, -0.25) is 0 Å². The lowest BCUT2D eigenvalue weighted by Gasteiger charge is -2.63. The molecule has 2 aliphatic heterocycles. The van der Waals surface area contributed by atoms with Crippen LogP contribution in [0.1, 0.15) is 86.5 Å². The van der Waals surface area contributed by atoms with E-state index in [9.17, 15) is 0 Å². The zero-order chi connectivity index (χ0) is 26.5. The Kier molecular flexibility index (Phi) is 6.28. The molecule has 6 aliphatic rings. The van der Waals surface area contributed by atoms with Gasteiger partial charge in [0.25, 0.3) is 0 Å². The van der Waals surface area contributed by atoms with Crippen LogP contribution in [-0.2, 0) is 23.4 Å². The molecule has 0 bridgehead atoms. The second-order valence-electron chi connectivity index (χ2n) is 15.4. The Morgan fingerprint density at radius 3 is 2.22 bits per heavy atom. The highest BCUT2D eigenvalue weighted by Crippen LogP contribution is 2.69. The van der Waals surface area contributed by atoms with Crippen LogP contribution in [0, 0.1) is 34.5 Å². The summed E-state index contributed by atoms with van der Waals surface area (Å²) in [6, 6.07) is 0. The summed E-state index contributed by atoms with van der Waals surface area (Å²) in [7, 11) is -1.97. The molecule has 37 heavy (non-hydrogen) atoms. The van der Waals surface area contributed by atoms with E-state index in [1.54, 1.807) is 5.57 Å². The first kappa shape index (κ1) is 27.0. The molecule has 0 amide bonds. The van der Waals surface area contributed by atoms with Gasteiger partial charge in [-0.15, -0.1) is 0 Å². The van der Waals surface area contributed by atoms with Gasteiger partial charge in [-0.25, -0.2) is 0 Å². The van der Waals surface area contributed by atoms with Gasteiger partial charge < -0.3 is 23.4 Å². The van der Waals surface area contributed by atoms with E-state index < -0.39 is 14.1 Å². The van der Waals surface area contributed by atoms with Gasteiger partial charge in [0.05, 0.1) is 26.4 Å². The maximum Gasteiger partial charge on any atom is 0.192 e. The molecule has 7 unspecified atom stereocenters. The van der Waals surface area contributed by atoms with Crippen LogP contribution in [0.2, 0.25) is 18.1 Å². The molecule has 0 N–H and O–H groups in total. The Morgan fingerprint density at radius 1 is 0.919 bits per heavy atom. The van der Waals surface area contributed by atoms with E-state index in [-0.39, 0.29) is 27.8 Å². The van der Waals surface area contributed by atoms with Crippen LogP contribution in [0.25, 0.3) is 0 Å². The van der Waals surface area contributed by atoms with E-state index in [0.717, 1.165) is 58.5 Å². The van der Waals surface area contributed by atoms with Gasteiger partial charge in [-0.05, 0) is 85.7 Å². The van der Waals surface area contributed by atoms with Gasteiger partial charge in [-0.2, -0.15) is 0 Å². The van der Waals surface area contributed by atoms with E-state index >= 15 is 0 Å². The topological polar surface area (TPSA) is 46.2 Å². The smallest absolute Gasteiger partial charge is 0.192 e. The molecule has 7 atom stereocenters. The Bertz CT molecular complexity index is 926. The van der Waals surface area contributed by atoms with E-state index in [1.807, 2.05) is 0 Å². The van der Waals surface area contributed by atoms with E-state index in [0.29, 0.717) is 23.7 Å². The van der Waals surface area contributed by atoms with Crippen molar-refractivity contribution in [2.75, 3.05) is 26.4 Å². The molecular formula is C31H52O5Si. The lowest BCUT2D eigenvalue weighted by atomic mass is 9.46. The number of rotatable bonds is 3. The molecule has 5 nitrogen and oxygen atoms in total. The quantitative estimate of drug-likeness (QED) is 0.287. The largest absolute Gasteiger partial charge is 0.414 e. The summed E-state index contributed by atoms with van der Waals surface area (Å²) >= 11 is 0. The predicted octanol–water partition coefficient (Wildman–Crippen LogP) is 7.07. The summed E-state index contributed by atoms with van der Waals surface area (Å²) in [5, 5.41) is 0.190. The number of hydrogen-bond acceptors (Lipinski definition) is 5. The lowest BCUT2D eigenvalue weighted by molar-refractivity contribution is -0.226. The Labute approximate surface area is 226 Å². The van der Waals surface area contributed by atoms with Gasteiger partial charge in [0.15, 0.2) is 19.9 Å². The zero-order valence-electron chi connectivity index (χ0n) is 24.8. The van der Waals surface area contributed by atoms with Crippen LogP contribution in [0.3, 0.4) is 0 Å². The average molecular weight is 533 g/mol. The number of allylic oxidation sites excluding steroid dienone is 1. The SMILES string of the molecule is CC1(C2CCC3C4CC=C5CC6(CCC5(C)C4C(O[Si](C)(C)C(C)(C)C)CC32C)OCCO6)OCCO1. The molecule has 2 heterocycles. The van der Waals surface area contributed by atoms with Crippen molar-refractivity contribution in [2.45, 2.75) is 122 Å². The summed E-state index contributed by atoms with van der Waals surface area (Å²) in [6.45, 7) is 22.3. The van der Waals surface area contributed by atoms with Crippen molar-refractivity contribution in [1.82, 2.24) is 0 Å². The van der Waals surface area contributed by atoms with E-state index in [4.69, 9.17) is 23.4 Å². The third-order valence-electron chi connectivity index (χ3n) is 12.6. The Morgan fingerprint density at radius 2 is 1.57 bits per heavy atom. The second kappa shape index (κ2) is 8.63.